The molecule has 0 fully saturated rings. The van der Waals surface area contributed by atoms with Crippen LogP contribution in [0.15, 0.2) is 35.5 Å². The van der Waals surface area contributed by atoms with Crippen molar-refractivity contribution < 1.29 is 19.2 Å². The van der Waals surface area contributed by atoms with Crippen molar-refractivity contribution in [3.05, 3.63) is 35.9 Å². The molecular weight excluding hydrogens is 253 g/mol. The summed E-state index contributed by atoms with van der Waals surface area (Å²) in [6.07, 6.45) is 0.990. The number of oxime groups is 1. The molecule has 100 valence electrons. The van der Waals surface area contributed by atoms with Crippen molar-refractivity contribution in [3.63, 3.8) is 0 Å². The lowest BCUT2D eigenvalue weighted by molar-refractivity contribution is 0.198. The Balaban J connectivity index is 3.02. The van der Waals surface area contributed by atoms with Crippen LogP contribution in [0.25, 0.3) is 0 Å². The maximum Gasteiger partial charge on any atom is 0.336 e. The first kappa shape index (κ1) is 14.9. The molecule has 1 aromatic carbocycles. The lowest BCUT2D eigenvalue weighted by atomic mass is 10.1. The highest BCUT2D eigenvalue weighted by Crippen LogP contribution is 2.58. The largest absolute Gasteiger partial charge is 0.411 e. The van der Waals surface area contributed by atoms with E-state index in [2.05, 4.69) is 5.16 Å². The van der Waals surface area contributed by atoms with E-state index < -0.39 is 13.3 Å². The van der Waals surface area contributed by atoms with E-state index in [1.54, 1.807) is 38.1 Å². The molecule has 0 aliphatic heterocycles. The Labute approximate surface area is 107 Å². The predicted octanol–water partition coefficient (Wildman–Crippen LogP) is 3.19. The second-order valence-corrected chi connectivity index (χ2v) is 6.14. The standard InChI is InChI=1S/C12H18NO4P/c1-10(2)17-18(15,16)12(8-9-13-14)11-6-4-3-5-7-11/h3-7,9-10,12,14H,8H2,1-2H3,(H,15,16). The molecule has 2 unspecified atom stereocenters. The zero-order valence-corrected chi connectivity index (χ0v) is 11.3. The third-order valence-electron chi connectivity index (χ3n) is 2.35. The van der Waals surface area contributed by atoms with Gasteiger partial charge >= 0.3 is 7.60 Å². The van der Waals surface area contributed by atoms with Gasteiger partial charge in [-0.25, -0.2) is 0 Å². The molecule has 0 saturated carbocycles. The van der Waals surface area contributed by atoms with Crippen LogP contribution in [-0.2, 0) is 9.09 Å². The van der Waals surface area contributed by atoms with Crippen LogP contribution < -0.4 is 0 Å². The van der Waals surface area contributed by atoms with Crippen LogP contribution in [0.1, 0.15) is 31.5 Å². The number of nitrogens with zero attached hydrogens (tertiary/aromatic N) is 1. The maximum absolute atomic E-state index is 12.2. The van der Waals surface area contributed by atoms with Crippen molar-refractivity contribution in [1.82, 2.24) is 0 Å². The summed E-state index contributed by atoms with van der Waals surface area (Å²) < 4.78 is 17.3. The molecule has 0 aliphatic rings. The summed E-state index contributed by atoms with van der Waals surface area (Å²) in [7, 11) is -3.81. The normalized spacial score (nSPS) is 16.9. The molecular formula is C12H18NO4P. The fourth-order valence-electron chi connectivity index (χ4n) is 1.66. The molecule has 2 atom stereocenters. The molecule has 1 aromatic rings. The molecule has 0 radical (unpaired) electrons. The summed E-state index contributed by atoms with van der Waals surface area (Å²) in [5.74, 6) is 0. The molecule has 1 rings (SSSR count). The van der Waals surface area contributed by atoms with Crippen LogP contribution in [0.4, 0.5) is 0 Å². The summed E-state index contributed by atoms with van der Waals surface area (Å²) >= 11 is 0. The Hall–Kier alpha value is -1.16. The number of hydrogen-bond donors (Lipinski definition) is 2. The van der Waals surface area contributed by atoms with E-state index in [9.17, 15) is 9.46 Å². The van der Waals surface area contributed by atoms with Gasteiger partial charge in [-0.15, -0.1) is 5.16 Å². The summed E-state index contributed by atoms with van der Waals surface area (Å²) in [6, 6.07) is 8.90. The number of benzene rings is 1. The molecule has 0 aromatic heterocycles. The minimum absolute atomic E-state index is 0.140. The van der Waals surface area contributed by atoms with Gasteiger partial charge in [0.25, 0.3) is 0 Å². The first-order valence-electron chi connectivity index (χ1n) is 5.69. The minimum atomic E-state index is -3.81. The monoisotopic (exact) mass is 271 g/mol. The number of hydrogen-bond acceptors (Lipinski definition) is 4. The summed E-state index contributed by atoms with van der Waals surface area (Å²) in [5, 5.41) is 11.3. The van der Waals surface area contributed by atoms with Crippen molar-refractivity contribution in [1.29, 1.82) is 0 Å². The van der Waals surface area contributed by atoms with Gasteiger partial charge in [-0.1, -0.05) is 30.3 Å². The quantitative estimate of drug-likeness (QED) is 0.360. The zero-order valence-electron chi connectivity index (χ0n) is 10.4. The molecule has 0 heterocycles. The van der Waals surface area contributed by atoms with E-state index in [4.69, 9.17) is 9.73 Å². The highest BCUT2D eigenvalue weighted by Gasteiger charge is 2.34. The van der Waals surface area contributed by atoms with E-state index in [1.807, 2.05) is 6.07 Å². The van der Waals surface area contributed by atoms with Gasteiger partial charge in [0.2, 0.25) is 0 Å². The van der Waals surface area contributed by atoms with Crippen molar-refractivity contribution in [2.24, 2.45) is 5.16 Å². The van der Waals surface area contributed by atoms with Crippen molar-refractivity contribution >= 4 is 13.8 Å². The Kier molecular flexibility index (Phi) is 5.54. The maximum atomic E-state index is 12.2. The first-order valence-corrected chi connectivity index (χ1v) is 7.33. The van der Waals surface area contributed by atoms with Crippen LogP contribution >= 0.6 is 7.60 Å². The Morgan fingerprint density at radius 1 is 1.39 bits per heavy atom. The average molecular weight is 271 g/mol. The Morgan fingerprint density at radius 2 is 2.00 bits per heavy atom. The van der Waals surface area contributed by atoms with Gasteiger partial charge in [-0.05, 0) is 19.4 Å². The zero-order chi connectivity index (χ0) is 13.6. The van der Waals surface area contributed by atoms with E-state index >= 15 is 0 Å². The van der Waals surface area contributed by atoms with Gasteiger partial charge in [-0.3, -0.25) is 4.57 Å². The van der Waals surface area contributed by atoms with Crippen molar-refractivity contribution in [2.75, 3.05) is 0 Å². The highest BCUT2D eigenvalue weighted by molar-refractivity contribution is 7.53. The van der Waals surface area contributed by atoms with Crippen LogP contribution in [-0.4, -0.2) is 22.4 Å². The van der Waals surface area contributed by atoms with Gasteiger partial charge < -0.3 is 14.6 Å². The lowest BCUT2D eigenvalue weighted by Gasteiger charge is -2.23. The van der Waals surface area contributed by atoms with Crippen molar-refractivity contribution in [3.8, 4) is 0 Å². The van der Waals surface area contributed by atoms with Gasteiger partial charge in [0, 0.05) is 12.6 Å². The van der Waals surface area contributed by atoms with E-state index in [0.717, 1.165) is 0 Å². The molecule has 0 aliphatic carbocycles. The van der Waals surface area contributed by atoms with Gasteiger partial charge in [0.05, 0.1) is 11.8 Å². The number of rotatable bonds is 6. The molecule has 2 N–H and O–H groups in total. The second-order valence-electron chi connectivity index (χ2n) is 4.18. The highest BCUT2D eigenvalue weighted by atomic mass is 31.2. The summed E-state index contributed by atoms with van der Waals surface area (Å²) in [4.78, 5) is 10.0. The van der Waals surface area contributed by atoms with Crippen LogP contribution in [0, 0.1) is 0 Å². The average Bonchev–Trinajstić information content (AvgIpc) is 2.29. The molecule has 5 nitrogen and oxygen atoms in total. The SMILES string of the molecule is CC(C)OP(=O)(O)C(CC=NO)c1ccccc1. The Morgan fingerprint density at radius 3 is 2.50 bits per heavy atom. The van der Waals surface area contributed by atoms with Crippen molar-refractivity contribution in [2.45, 2.75) is 32.0 Å². The van der Waals surface area contributed by atoms with E-state index in [1.165, 1.54) is 6.21 Å². The van der Waals surface area contributed by atoms with Crippen LogP contribution in [0.2, 0.25) is 0 Å². The minimum Gasteiger partial charge on any atom is -0.411 e. The molecule has 0 saturated heterocycles. The molecule has 0 spiro atoms. The van der Waals surface area contributed by atoms with Gasteiger partial charge in [-0.2, -0.15) is 0 Å². The lowest BCUT2D eigenvalue weighted by Crippen LogP contribution is -2.08. The molecule has 18 heavy (non-hydrogen) atoms. The summed E-state index contributed by atoms with van der Waals surface area (Å²) in [5.41, 5.74) is -0.0408. The van der Waals surface area contributed by atoms with E-state index in [-0.39, 0.29) is 12.5 Å². The predicted molar refractivity (Wildman–Crippen MR) is 70.1 cm³/mol. The topological polar surface area (TPSA) is 79.1 Å². The third kappa shape index (κ3) is 4.26. The summed E-state index contributed by atoms with van der Waals surface area (Å²) in [6.45, 7) is 3.40. The Bertz CT molecular complexity index is 433. The van der Waals surface area contributed by atoms with Crippen LogP contribution in [0.3, 0.4) is 0 Å². The molecule has 0 amide bonds. The fourth-order valence-corrected chi connectivity index (χ4v) is 3.32. The van der Waals surface area contributed by atoms with E-state index in [0.29, 0.717) is 5.56 Å². The molecule has 0 bridgehead atoms. The third-order valence-corrected chi connectivity index (χ3v) is 4.37. The molecule has 6 heteroatoms. The fraction of sp³-hybridized carbons (Fsp3) is 0.417. The van der Waals surface area contributed by atoms with Gasteiger partial charge in [0.1, 0.15) is 0 Å². The smallest absolute Gasteiger partial charge is 0.336 e. The van der Waals surface area contributed by atoms with Gasteiger partial charge in [0.15, 0.2) is 0 Å². The second kappa shape index (κ2) is 6.69. The first-order chi connectivity index (χ1) is 8.47. The van der Waals surface area contributed by atoms with Crippen LogP contribution in [0.5, 0.6) is 0 Å².